The normalized spacial score (nSPS) is 11.1. The number of halogens is 2. The molecule has 2 aromatic rings. The molecule has 0 amide bonds. The molecule has 0 unspecified atom stereocenters. The predicted molar refractivity (Wildman–Crippen MR) is 86.8 cm³/mol. The van der Waals surface area contributed by atoms with Gasteiger partial charge in [-0.3, -0.25) is 4.72 Å². The number of anilines is 2. The molecule has 0 aliphatic heterocycles. The van der Waals surface area contributed by atoms with Gasteiger partial charge in [0.2, 0.25) is 5.88 Å². The second-order valence-electron chi connectivity index (χ2n) is 4.19. The molecule has 0 radical (unpaired) electrons. The third-order valence-electron chi connectivity index (χ3n) is 2.68. The Hall–Kier alpha value is -1.97. The molecule has 3 N–H and O–H groups in total. The highest BCUT2D eigenvalue weighted by atomic mass is 35.5. The number of nitrogens with two attached hydrogens (primary N) is 1. The van der Waals surface area contributed by atoms with Gasteiger partial charge in [0.1, 0.15) is 0 Å². The SMILES string of the molecule is COc1cc(NS(=O)(=O)c2cc(Cl)c(N)c(Cl)c2)nc(OC)n1. The molecular weight excluding hydrogens is 367 g/mol. The van der Waals surface area contributed by atoms with E-state index < -0.39 is 10.0 Å². The van der Waals surface area contributed by atoms with Gasteiger partial charge in [-0.2, -0.15) is 9.97 Å². The first-order valence-electron chi connectivity index (χ1n) is 6.01. The van der Waals surface area contributed by atoms with Gasteiger partial charge in [0.15, 0.2) is 5.82 Å². The van der Waals surface area contributed by atoms with Gasteiger partial charge in [-0.05, 0) is 12.1 Å². The maximum atomic E-state index is 12.4. The van der Waals surface area contributed by atoms with E-state index >= 15 is 0 Å². The number of ether oxygens (including phenoxy) is 2. The van der Waals surface area contributed by atoms with Crippen LogP contribution in [0.1, 0.15) is 0 Å². The fraction of sp³-hybridized carbons (Fsp3) is 0.167. The quantitative estimate of drug-likeness (QED) is 0.765. The number of hydrogen-bond acceptors (Lipinski definition) is 7. The zero-order chi connectivity index (χ0) is 17.2. The van der Waals surface area contributed by atoms with Crippen molar-refractivity contribution in [1.82, 2.24) is 9.97 Å². The van der Waals surface area contributed by atoms with Crippen molar-refractivity contribution in [3.05, 3.63) is 28.2 Å². The average molecular weight is 379 g/mol. The molecule has 0 aliphatic carbocycles. The summed E-state index contributed by atoms with van der Waals surface area (Å²) in [5.74, 6) is 0.0840. The molecule has 0 spiro atoms. The summed E-state index contributed by atoms with van der Waals surface area (Å²) in [4.78, 5) is 7.57. The third-order valence-corrected chi connectivity index (χ3v) is 4.64. The molecule has 0 saturated carbocycles. The molecule has 1 heterocycles. The summed E-state index contributed by atoms with van der Waals surface area (Å²) in [5.41, 5.74) is 5.68. The van der Waals surface area contributed by atoms with Gasteiger partial charge < -0.3 is 15.2 Å². The van der Waals surface area contributed by atoms with Crippen LogP contribution in [0.4, 0.5) is 11.5 Å². The number of nitrogens with one attached hydrogen (secondary N) is 1. The molecular formula is C12H12Cl2N4O4S. The summed E-state index contributed by atoms with van der Waals surface area (Å²) in [7, 11) is -1.29. The number of benzene rings is 1. The highest BCUT2D eigenvalue weighted by Crippen LogP contribution is 2.31. The maximum Gasteiger partial charge on any atom is 0.321 e. The van der Waals surface area contributed by atoms with Crippen LogP contribution in [0.25, 0.3) is 0 Å². The van der Waals surface area contributed by atoms with Crippen LogP contribution in [0, 0.1) is 0 Å². The summed E-state index contributed by atoms with van der Waals surface area (Å²) in [6, 6.07) is 3.60. The van der Waals surface area contributed by atoms with E-state index in [-0.39, 0.29) is 38.3 Å². The Kier molecular flexibility index (Phi) is 5.03. The van der Waals surface area contributed by atoms with E-state index in [0.29, 0.717) is 0 Å². The average Bonchev–Trinajstić information content (AvgIpc) is 2.51. The van der Waals surface area contributed by atoms with Gasteiger partial charge in [0.05, 0.1) is 34.8 Å². The minimum atomic E-state index is -4.00. The standard InChI is InChI=1S/C12H12Cl2N4O4S/c1-21-10-5-9(16-12(17-10)22-2)18-23(19,20)6-3-7(13)11(15)8(14)4-6/h3-5H,15H2,1-2H3,(H,16,17,18). The number of rotatable bonds is 5. The van der Waals surface area contributed by atoms with Gasteiger partial charge >= 0.3 is 6.01 Å². The maximum absolute atomic E-state index is 12.4. The first kappa shape index (κ1) is 17.4. The van der Waals surface area contributed by atoms with E-state index in [9.17, 15) is 8.42 Å². The number of sulfonamides is 1. The van der Waals surface area contributed by atoms with Crippen LogP contribution in [0.15, 0.2) is 23.1 Å². The van der Waals surface area contributed by atoms with Crippen LogP contribution in [0.5, 0.6) is 11.9 Å². The van der Waals surface area contributed by atoms with E-state index in [2.05, 4.69) is 14.7 Å². The molecule has 124 valence electrons. The van der Waals surface area contributed by atoms with Crippen molar-refractivity contribution >= 4 is 44.7 Å². The molecule has 0 saturated heterocycles. The molecule has 0 fully saturated rings. The molecule has 0 bridgehead atoms. The van der Waals surface area contributed by atoms with Crippen LogP contribution in [-0.4, -0.2) is 32.6 Å². The van der Waals surface area contributed by atoms with Crippen molar-refractivity contribution in [3.63, 3.8) is 0 Å². The summed E-state index contributed by atoms with van der Waals surface area (Å²) in [6.45, 7) is 0. The Morgan fingerprint density at radius 1 is 1.09 bits per heavy atom. The van der Waals surface area contributed by atoms with Crippen LogP contribution < -0.4 is 19.9 Å². The van der Waals surface area contributed by atoms with Crippen molar-refractivity contribution in [2.75, 3.05) is 24.7 Å². The van der Waals surface area contributed by atoms with Crippen LogP contribution in [-0.2, 0) is 10.0 Å². The van der Waals surface area contributed by atoms with Gasteiger partial charge in [-0.25, -0.2) is 8.42 Å². The highest BCUT2D eigenvalue weighted by Gasteiger charge is 2.19. The lowest BCUT2D eigenvalue weighted by molar-refractivity contribution is 0.353. The van der Waals surface area contributed by atoms with Crippen molar-refractivity contribution in [2.24, 2.45) is 0 Å². The number of nitrogens with zero attached hydrogens (tertiary/aromatic N) is 2. The molecule has 2 rings (SSSR count). The lowest BCUT2D eigenvalue weighted by atomic mass is 10.3. The van der Waals surface area contributed by atoms with E-state index in [4.69, 9.17) is 38.4 Å². The Bertz CT molecular complexity index is 800. The van der Waals surface area contributed by atoms with E-state index in [1.807, 2.05) is 0 Å². The molecule has 23 heavy (non-hydrogen) atoms. The van der Waals surface area contributed by atoms with E-state index in [1.54, 1.807) is 0 Å². The molecule has 11 heteroatoms. The second-order valence-corrected chi connectivity index (χ2v) is 6.69. The summed E-state index contributed by atoms with van der Waals surface area (Å²) < 4.78 is 36.9. The van der Waals surface area contributed by atoms with Crippen molar-refractivity contribution in [1.29, 1.82) is 0 Å². The summed E-state index contributed by atoms with van der Waals surface area (Å²) in [5, 5.41) is 0.0476. The lowest BCUT2D eigenvalue weighted by Gasteiger charge is -2.11. The number of hydrogen-bond donors (Lipinski definition) is 2. The van der Waals surface area contributed by atoms with Crippen molar-refractivity contribution < 1.29 is 17.9 Å². The fourth-order valence-corrected chi connectivity index (χ4v) is 3.22. The smallest absolute Gasteiger partial charge is 0.321 e. The van der Waals surface area contributed by atoms with Crippen molar-refractivity contribution in [2.45, 2.75) is 4.90 Å². The monoisotopic (exact) mass is 378 g/mol. The van der Waals surface area contributed by atoms with Crippen LogP contribution in [0.2, 0.25) is 10.0 Å². The second kappa shape index (κ2) is 6.65. The van der Waals surface area contributed by atoms with Crippen molar-refractivity contribution in [3.8, 4) is 11.9 Å². The third kappa shape index (κ3) is 3.87. The fourth-order valence-electron chi connectivity index (χ4n) is 1.56. The first-order valence-corrected chi connectivity index (χ1v) is 8.25. The van der Waals surface area contributed by atoms with Gasteiger partial charge in [0, 0.05) is 6.07 Å². The summed E-state index contributed by atoms with van der Waals surface area (Å²) in [6.07, 6.45) is 0. The van der Waals surface area contributed by atoms with Crippen LogP contribution >= 0.6 is 23.2 Å². The van der Waals surface area contributed by atoms with Gasteiger partial charge in [-0.15, -0.1) is 0 Å². The van der Waals surface area contributed by atoms with E-state index in [0.717, 1.165) is 0 Å². The first-order chi connectivity index (χ1) is 10.8. The Morgan fingerprint density at radius 2 is 1.70 bits per heavy atom. The Labute approximate surface area is 142 Å². The van der Waals surface area contributed by atoms with Gasteiger partial charge in [0.25, 0.3) is 10.0 Å². The van der Waals surface area contributed by atoms with E-state index in [1.165, 1.54) is 32.4 Å². The predicted octanol–water partition coefficient (Wildman–Crippen LogP) is 2.18. The topological polar surface area (TPSA) is 116 Å². The number of aromatic nitrogens is 2. The largest absolute Gasteiger partial charge is 0.481 e. The Morgan fingerprint density at radius 3 is 2.22 bits per heavy atom. The minimum Gasteiger partial charge on any atom is -0.481 e. The molecule has 1 aromatic carbocycles. The number of methoxy groups -OCH3 is 2. The zero-order valence-electron chi connectivity index (χ0n) is 12.0. The Balaban J connectivity index is 2.42. The van der Waals surface area contributed by atoms with Gasteiger partial charge in [-0.1, -0.05) is 23.2 Å². The lowest BCUT2D eigenvalue weighted by Crippen LogP contribution is -2.15. The summed E-state index contributed by atoms with van der Waals surface area (Å²) >= 11 is 11.7. The minimum absolute atomic E-state index is 0.0238. The molecule has 1 aromatic heterocycles. The molecule has 0 atom stereocenters. The van der Waals surface area contributed by atoms with Crippen LogP contribution in [0.3, 0.4) is 0 Å². The zero-order valence-corrected chi connectivity index (χ0v) is 14.3. The molecule has 0 aliphatic rings. The number of nitrogen functional groups attached to an aromatic ring is 1. The highest BCUT2D eigenvalue weighted by molar-refractivity contribution is 7.92. The molecule has 8 nitrogen and oxygen atoms in total.